The molecule has 0 saturated heterocycles. The van der Waals surface area contributed by atoms with Crippen molar-refractivity contribution in [1.29, 1.82) is 0 Å². The molecule has 2 aromatic rings. The maximum Gasteiger partial charge on any atom is 0.308 e. The first-order chi connectivity index (χ1) is 10.1. The van der Waals surface area contributed by atoms with E-state index in [0.717, 1.165) is 48.1 Å². The van der Waals surface area contributed by atoms with Gasteiger partial charge < -0.3 is 10.4 Å². The molecule has 0 bridgehead atoms. The number of carbonyl (C=O) groups is 1. The summed E-state index contributed by atoms with van der Waals surface area (Å²) in [6, 6.07) is 2.01. The molecule has 6 heteroatoms. The normalized spacial score (nSPS) is 22.9. The van der Waals surface area contributed by atoms with Crippen LogP contribution in [0, 0.1) is 12.8 Å². The highest BCUT2D eigenvalue weighted by Gasteiger charge is 2.30. The van der Waals surface area contributed by atoms with Crippen LogP contribution >= 0.6 is 11.3 Å². The van der Waals surface area contributed by atoms with Crippen molar-refractivity contribution in [2.24, 2.45) is 5.92 Å². The van der Waals surface area contributed by atoms with Gasteiger partial charge in [-0.05, 0) is 25.8 Å². The van der Waals surface area contributed by atoms with Gasteiger partial charge >= 0.3 is 5.97 Å². The Labute approximate surface area is 127 Å². The third-order valence-corrected chi connectivity index (χ3v) is 5.07. The first-order valence-electron chi connectivity index (χ1n) is 7.35. The Bertz CT molecular complexity index is 655. The Balaban J connectivity index is 1.90. The molecule has 0 amide bonds. The van der Waals surface area contributed by atoms with Gasteiger partial charge in [0.2, 0.25) is 0 Å². The Morgan fingerprint density at radius 2 is 2.14 bits per heavy atom. The van der Waals surface area contributed by atoms with Gasteiger partial charge in [-0.1, -0.05) is 19.3 Å². The van der Waals surface area contributed by atoms with E-state index in [1.807, 2.05) is 6.92 Å². The van der Waals surface area contributed by atoms with E-state index >= 15 is 0 Å². The highest BCUT2D eigenvalue weighted by atomic mass is 32.1. The first-order valence-corrected chi connectivity index (χ1v) is 8.17. The lowest BCUT2D eigenvalue weighted by Crippen LogP contribution is -2.34. The minimum atomic E-state index is -0.707. The summed E-state index contributed by atoms with van der Waals surface area (Å²) in [5.74, 6) is -0.277. The smallest absolute Gasteiger partial charge is 0.308 e. The molecule has 5 nitrogen and oxygen atoms in total. The molecule has 21 heavy (non-hydrogen) atoms. The summed E-state index contributed by atoms with van der Waals surface area (Å²) < 4.78 is 0. The summed E-state index contributed by atoms with van der Waals surface area (Å²) >= 11 is 1.63. The summed E-state index contributed by atoms with van der Waals surface area (Å²) in [5.41, 5.74) is 0. The maximum atomic E-state index is 11.5. The van der Waals surface area contributed by atoms with Crippen molar-refractivity contribution >= 4 is 33.3 Å². The average molecular weight is 305 g/mol. The molecule has 1 saturated carbocycles. The predicted octanol–water partition coefficient (Wildman–Crippen LogP) is 3.45. The van der Waals surface area contributed by atoms with Crippen LogP contribution in [0.3, 0.4) is 0 Å². The average Bonchev–Trinajstić information content (AvgIpc) is 2.68. The number of nitrogens with one attached hydrogen (secondary N) is 1. The fraction of sp³-hybridized carbons (Fsp3) is 0.533. The van der Waals surface area contributed by atoms with E-state index < -0.39 is 5.97 Å². The summed E-state index contributed by atoms with van der Waals surface area (Å²) in [4.78, 5) is 22.2. The summed E-state index contributed by atoms with van der Waals surface area (Å²) in [6.07, 6.45) is 6.34. The van der Waals surface area contributed by atoms with Crippen LogP contribution in [0.25, 0.3) is 10.2 Å². The van der Waals surface area contributed by atoms with Gasteiger partial charge in [-0.3, -0.25) is 4.79 Å². The number of aryl methyl sites for hydroxylation is 1. The Morgan fingerprint density at radius 1 is 1.33 bits per heavy atom. The number of fused-ring (bicyclic) bond motifs is 1. The summed E-state index contributed by atoms with van der Waals surface area (Å²) in [6.45, 7) is 2.04. The summed E-state index contributed by atoms with van der Waals surface area (Å²) in [5, 5.41) is 13.8. The molecule has 2 N–H and O–H groups in total. The van der Waals surface area contributed by atoms with Crippen molar-refractivity contribution in [3.63, 3.8) is 0 Å². The molecule has 0 aliphatic heterocycles. The quantitative estimate of drug-likeness (QED) is 0.850. The third-order valence-electron chi connectivity index (χ3n) is 4.11. The second-order valence-electron chi connectivity index (χ2n) is 5.63. The number of thiophene rings is 1. The second kappa shape index (κ2) is 5.97. The van der Waals surface area contributed by atoms with E-state index in [1.165, 1.54) is 4.88 Å². The van der Waals surface area contributed by atoms with E-state index in [1.54, 1.807) is 17.7 Å². The Kier molecular flexibility index (Phi) is 4.05. The molecule has 1 fully saturated rings. The third kappa shape index (κ3) is 3.00. The molecule has 112 valence electrons. The van der Waals surface area contributed by atoms with E-state index in [-0.39, 0.29) is 12.0 Å². The van der Waals surface area contributed by atoms with Crippen LogP contribution in [0.15, 0.2) is 12.4 Å². The number of carboxylic acid groups (broad SMARTS) is 1. The van der Waals surface area contributed by atoms with Crippen LogP contribution in [-0.2, 0) is 4.79 Å². The molecule has 2 heterocycles. The molecule has 0 aromatic carbocycles. The molecule has 0 radical (unpaired) electrons. The molecule has 1 aliphatic carbocycles. The van der Waals surface area contributed by atoms with Gasteiger partial charge in [-0.2, -0.15) is 0 Å². The first kappa shape index (κ1) is 14.3. The fourth-order valence-corrected chi connectivity index (χ4v) is 3.89. The zero-order valence-corrected chi connectivity index (χ0v) is 12.8. The van der Waals surface area contributed by atoms with Crippen molar-refractivity contribution in [2.45, 2.75) is 45.1 Å². The predicted molar refractivity (Wildman–Crippen MR) is 83.8 cm³/mol. The number of carboxylic acids is 1. The van der Waals surface area contributed by atoms with E-state index in [4.69, 9.17) is 0 Å². The van der Waals surface area contributed by atoms with Crippen molar-refractivity contribution in [1.82, 2.24) is 9.97 Å². The van der Waals surface area contributed by atoms with Gasteiger partial charge in [0.1, 0.15) is 17.0 Å². The fourth-order valence-electron chi connectivity index (χ4n) is 3.04. The van der Waals surface area contributed by atoms with Crippen molar-refractivity contribution in [3.8, 4) is 0 Å². The van der Waals surface area contributed by atoms with Crippen LogP contribution in [0.1, 0.15) is 37.0 Å². The number of hydrogen-bond donors (Lipinski definition) is 2. The topological polar surface area (TPSA) is 75.1 Å². The minimum Gasteiger partial charge on any atom is -0.481 e. The van der Waals surface area contributed by atoms with Crippen molar-refractivity contribution in [3.05, 3.63) is 17.3 Å². The highest BCUT2D eigenvalue weighted by molar-refractivity contribution is 7.18. The lowest BCUT2D eigenvalue weighted by Gasteiger charge is -2.23. The van der Waals surface area contributed by atoms with E-state index in [2.05, 4.69) is 21.4 Å². The number of anilines is 1. The number of aromatic nitrogens is 2. The molecule has 2 unspecified atom stereocenters. The molecule has 1 aliphatic rings. The van der Waals surface area contributed by atoms with Gasteiger partial charge in [0.05, 0.1) is 11.3 Å². The number of rotatable bonds is 3. The minimum absolute atomic E-state index is 0.0525. The number of aliphatic carboxylic acids is 1. The largest absolute Gasteiger partial charge is 0.481 e. The lowest BCUT2D eigenvalue weighted by atomic mass is 9.95. The van der Waals surface area contributed by atoms with Crippen LogP contribution in [0.2, 0.25) is 0 Å². The van der Waals surface area contributed by atoms with Gasteiger partial charge in [0.25, 0.3) is 0 Å². The second-order valence-corrected chi connectivity index (χ2v) is 6.87. The standard InChI is InChI=1S/C15H19N3O2S/c1-9-7-11-13(16-8-17-14(11)21-9)18-12-6-4-2-3-5-10(12)15(19)20/h7-8,10,12H,2-6H2,1H3,(H,19,20)(H,16,17,18). The maximum absolute atomic E-state index is 11.5. The summed E-state index contributed by atoms with van der Waals surface area (Å²) in [7, 11) is 0. The lowest BCUT2D eigenvalue weighted by molar-refractivity contribution is -0.142. The van der Waals surface area contributed by atoms with Crippen molar-refractivity contribution in [2.75, 3.05) is 5.32 Å². The van der Waals surface area contributed by atoms with Crippen LogP contribution in [0.5, 0.6) is 0 Å². The van der Waals surface area contributed by atoms with Gasteiger partial charge in [0, 0.05) is 10.9 Å². The Morgan fingerprint density at radius 3 is 2.95 bits per heavy atom. The molecule has 3 rings (SSSR count). The SMILES string of the molecule is Cc1cc2c(NC3CCCCCC3C(=O)O)ncnc2s1. The number of hydrogen-bond acceptors (Lipinski definition) is 5. The van der Waals surface area contributed by atoms with Crippen LogP contribution in [0.4, 0.5) is 5.82 Å². The zero-order valence-electron chi connectivity index (χ0n) is 12.0. The highest BCUT2D eigenvalue weighted by Crippen LogP contribution is 2.31. The molecule has 2 aromatic heterocycles. The van der Waals surface area contributed by atoms with E-state index in [9.17, 15) is 9.90 Å². The van der Waals surface area contributed by atoms with Gasteiger partial charge in [0.15, 0.2) is 0 Å². The van der Waals surface area contributed by atoms with E-state index in [0.29, 0.717) is 0 Å². The Hall–Kier alpha value is -1.69. The number of nitrogens with zero attached hydrogens (tertiary/aromatic N) is 2. The van der Waals surface area contributed by atoms with Crippen LogP contribution < -0.4 is 5.32 Å². The van der Waals surface area contributed by atoms with Gasteiger partial charge in [-0.15, -0.1) is 11.3 Å². The molecular weight excluding hydrogens is 286 g/mol. The van der Waals surface area contributed by atoms with Crippen LogP contribution in [-0.4, -0.2) is 27.1 Å². The molecule has 0 spiro atoms. The molecular formula is C15H19N3O2S. The molecule has 2 atom stereocenters. The zero-order chi connectivity index (χ0) is 14.8. The van der Waals surface area contributed by atoms with Crippen molar-refractivity contribution < 1.29 is 9.90 Å². The van der Waals surface area contributed by atoms with Gasteiger partial charge in [-0.25, -0.2) is 9.97 Å². The monoisotopic (exact) mass is 305 g/mol.